The van der Waals surface area contributed by atoms with E-state index in [2.05, 4.69) is 5.32 Å². The van der Waals surface area contributed by atoms with Crippen LogP contribution in [-0.4, -0.2) is 49.1 Å². The first-order valence-electron chi connectivity index (χ1n) is 6.36. The van der Waals surface area contributed by atoms with Crippen LogP contribution < -0.4 is 5.32 Å². The predicted octanol–water partition coefficient (Wildman–Crippen LogP) is 1.12. The van der Waals surface area contributed by atoms with Crippen molar-refractivity contribution in [3.8, 4) is 0 Å². The highest BCUT2D eigenvalue weighted by Gasteiger charge is 2.23. The molecule has 0 aromatic carbocycles. The van der Waals surface area contributed by atoms with Crippen molar-refractivity contribution in [2.45, 2.75) is 19.4 Å². The van der Waals surface area contributed by atoms with Gasteiger partial charge in [0.25, 0.3) is 5.91 Å². The molecule has 6 heteroatoms. The lowest BCUT2D eigenvalue weighted by atomic mass is 10.2. The largest absolute Gasteiger partial charge is 0.377 e. The molecule has 1 fully saturated rings. The van der Waals surface area contributed by atoms with Gasteiger partial charge in [0.1, 0.15) is 0 Å². The van der Waals surface area contributed by atoms with Crippen LogP contribution in [0.4, 0.5) is 0 Å². The van der Waals surface area contributed by atoms with E-state index >= 15 is 0 Å². The molecule has 1 N–H and O–H groups in total. The van der Waals surface area contributed by atoms with E-state index < -0.39 is 0 Å². The molecular formula is C13H18N2O3S. The zero-order valence-electron chi connectivity index (χ0n) is 10.9. The van der Waals surface area contributed by atoms with E-state index in [1.807, 2.05) is 17.2 Å². The molecule has 0 radical (unpaired) electrons. The van der Waals surface area contributed by atoms with E-state index in [0.717, 1.165) is 0 Å². The van der Waals surface area contributed by atoms with Crippen LogP contribution >= 0.6 is 11.3 Å². The number of amides is 2. The number of rotatable bonds is 4. The molecule has 0 saturated carbocycles. The minimum atomic E-state index is -0.121. The SMILES string of the molecule is CC1COCCN1C(=O)CCNC(=O)c1ccsc1. The molecule has 1 aliphatic heterocycles. The Bertz CT molecular complexity index is 433. The normalized spacial score (nSPS) is 19.2. The summed E-state index contributed by atoms with van der Waals surface area (Å²) in [5.74, 6) is -0.0505. The highest BCUT2D eigenvalue weighted by atomic mass is 32.1. The van der Waals surface area contributed by atoms with Crippen molar-refractivity contribution in [1.82, 2.24) is 10.2 Å². The summed E-state index contributed by atoms with van der Waals surface area (Å²) in [6, 6.07) is 1.89. The Labute approximate surface area is 116 Å². The lowest BCUT2D eigenvalue weighted by molar-refractivity contribution is -0.138. The first-order chi connectivity index (χ1) is 9.18. The van der Waals surface area contributed by atoms with Crippen LogP contribution in [-0.2, 0) is 9.53 Å². The standard InChI is InChI=1S/C13H18N2O3S/c1-10-8-18-6-5-15(10)12(16)2-4-14-13(17)11-3-7-19-9-11/h3,7,9-10H,2,4-6,8H2,1H3,(H,14,17). The van der Waals surface area contributed by atoms with E-state index in [1.54, 1.807) is 11.4 Å². The number of hydrogen-bond acceptors (Lipinski definition) is 4. The Morgan fingerprint density at radius 2 is 2.42 bits per heavy atom. The van der Waals surface area contributed by atoms with E-state index in [4.69, 9.17) is 4.74 Å². The van der Waals surface area contributed by atoms with Crippen molar-refractivity contribution in [3.63, 3.8) is 0 Å². The smallest absolute Gasteiger partial charge is 0.252 e. The van der Waals surface area contributed by atoms with Gasteiger partial charge in [0.05, 0.1) is 19.3 Å². The average Bonchev–Trinajstić information content (AvgIpc) is 2.93. The third-order valence-electron chi connectivity index (χ3n) is 3.10. The molecule has 104 valence electrons. The van der Waals surface area contributed by atoms with Crippen LogP contribution in [0.5, 0.6) is 0 Å². The molecule has 0 spiro atoms. The second-order valence-electron chi connectivity index (χ2n) is 4.53. The van der Waals surface area contributed by atoms with Crippen LogP contribution in [0.3, 0.4) is 0 Å². The highest BCUT2D eigenvalue weighted by Crippen LogP contribution is 2.08. The summed E-state index contributed by atoms with van der Waals surface area (Å²) < 4.78 is 5.29. The Morgan fingerprint density at radius 3 is 3.11 bits per heavy atom. The number of nitrogens with zero attached hydrogens (tertiary/aromatic N) is 1. The van der Waals surface area contributed by atoms with Crippen molar-refractivity contribution in [2.24, 2.45) is 0 Å². The Morgan fingerprint density at radius 1 is 1.58 bits per heavy atom. The fraction of sp³-hybridized carbons (Fsp3) is 0.538. The summed E-state index contributed by atoms with van der Waals surface area (Å²) in [6.45, 7) is 4.17. The van der Waals surface area contributed by atoms with E-state index in [9.17, 15) is 9.59 Å². The topological polar surface area (TPSA) is 58.6 Å². The molecule has 19 heavy (non-hydrogen) atoms. The minimum Gasteiger partial charge on any atom is -0.377 e. The molecule has 2 amide bonds. The molecule has 0 bridgehead atoms. The van der Waals surface area contributed by atoms with Crippen molar-refractivity contribution >= 4 is 23.2 Å². The first kappa shape index (κ1) is 14.0. The Balaban J connectivity index is 1.73. The summed E-state index contributed by atoms with van der Waals surface area (Å²) in [5.41, 5.74) is 0.650. The summed E-state index contributed by atoms with van der Waals surface area (Å²) in [5, 5.41) is 6.41. The zero-order chi connectivity index (χ0) is 13.7. The molecule has 1 aromatic heterocycles. The first-order valence-corrected chi connectivity index (χ1v) is 7.30. The van der Waals surface area contributed by atoms with Crippen LogP contribution in [0, 0.1) is 0 Å². The molecule has 2 heterocycles. The minimum absolute atomic E-state index is 0.0708. The number of thiophene rings is 1. The molecular weight excluding hydrogens is 264 g/mol. The Hall–Kier alpha value is -1.40. The predicted molar refractivity (Wildman–Crippen MR) is 73.3 cm³/mol. The van der Waals surface area contributed by atoms with Gasteiger partial charge >= 0.3 is 0 Å². The second-order valence-corrected chi connectivity index (χ2v) is 5.31. The molecule has 2 rings (SSSR count). The maximum atomic E-state index is 12.0. The molecule has 1 aromatic rings. The van der Waals surface area contributed by atoms with Crippen LogP contribution in [0.25, 0.3) is 0 Å². The van der Waals surface area contributed by atoms with Crippen molar-refractivity contribution < 1.29 is 14.3 Å². The van der Waals surface area contributed by atoms with Crippen LogP contribution in [0.1, 0.15) is 23.7 Å². The second kappa shape index (κ2) is 6.68. The lowest BCUT2D eigenvalue weighted by Crippen LogP contribution is -2.47. The van der Waals surface area contributed by atoms with Crippen LogP contribution in [0.2, 0.25) is 0 Å². The van der Waals surface area contributed by atoms with Gasteiger partial charge in [-0.1, -0.05) is 0 Å². The summed E-state index contributed by atoms with van der Waals surface area (Å²) in [6.07, 6.45) is 0.334. The van der Waals surface area contributed by atoms with Gasteiger partial charge in [0.2, 0.25) is 5.91 Å². The van der Waals surface area contributed by atoms with Gasteiger partial charge in [-0.05, 0) is 18.4 Å². The van der Waals surface area contributed by atoms with Gasteiger partial charge < -0.3 is 15.0 Å². The number of ether oxygens (including phenoxy) is 1. The molecule has 1 atom stereocenters. The molecule has 0 aliphatic carbocycles. The van der Waals surface area contributed by atoms with E-state index in [1.165, 1.54) is 11.3 Å². The van der Waals surface area contributed by atoms with Gasteiger partial charge in [-0.15, -0.1) is 0 Å². The van der Waals surface area contributed by atoms with E-state index in [-0.39, 0.29) is 17.9 Å². The summed E-state index contributed by atoms with van der Waals surface area (Å²) >= 11 is 1.48. The number of hydrogen-bond donors (Lipinski definition) is 1. The van der Waals surface area contributed by atoms with Crippen LogP contribution in [0.15, 0.2) is 16.8 Å². The van der Waals surface area contributed by atoms with Gasteiger partial charge in [0, 0.05) is 30.5 Å². The zero-order valence-corrected chi connectivity index (χ0v) is 11.7. The fourth-order valence-corrected chi connectivity index (χ4v) is 2.66. The maximum Gasteiger partial charge on any atom is 0.252 e. The number of morpholine rings is 1. The summed E-state index contributed by atoms with van der Waals surface area (Å²) in [7, 11) is 0. The average molecular weight is 282 g/mol. The van der Waals surface area contributed by atoms with E-state index in [0.29, 0.717) is 38.3 Å². The maximum absolute atomic E-state index is 12.0. The van der Waals surface area contributed by atoms with Gasteiger partial charge in [-0.2, -0.15) is 11.3 Å². The third kappa shape index (κ3) is 3.78. The van der Waals surface area contributed by atoms with Gasteiger partial charge in [0.15, 0.2) is 0 Å². The molecule has 1 unspecified atom stereocenters. The van der Waals surface area contributed by atoms with Gasteiger partial charge in [-0.25, -0.2) is 0 Å². The quantitative estimate of drug-likeness (QED) is 0.900. The third-order valence-corrected chi connectivity index (χ3v) is 3.78. The van der Waals surface area contributed by atoms with Gasteiger partial charge in [-0.3, -0.25) is 9.59 Å². The molecule has 1 saturated heterocycles. The Kier molecular flexibility index (Phi) is 4.93. The summed E-state index contributed by atoms with van der Waals surface area (Å²) in [4.78, 5) is 25.5. The van der Waals surface area contributed by atoms with Crippen molar-refractivity contribution in [2.75, 3.05) is 26.3 Å². The van der Waals surface area contributed by atoms with Crippen molar-refractivity contribution in [1.29, 1.82) is 0 Å². The molecule has 5 nitrogen and oxygen atoms in total. The number of nitrogens with one attached hydrogen (secondary N) is 1. The number of carbonyl (C=O) groups excluding carboxylic acids is 2. The monoisotopic (exact) mass is 282 g/mol. The lowest BCUT2D eigenvalue weighted by Gasteiger charge is -2.33. The molecule has 1 aliphatic rings. The number of carbonyl (C=O) groups is 2. The highest BCUT2D eigenvalue weighted by molar-refractivity contribution is 7.08. The van der Waals surface area contributed by atoms with Crippen molar-refractivity contribution in [3.05, 3.63) is 22.4 Å². The fourth-order valence-electron chi connectivity index (χ4n) is 2.02.